The number of rotatable bonds is 3. The molecule has 0 bridgehead atoms. The lowest BCUT2D eigenvalue weighted by Crippen LogP contribution is -1.99. The van der Waals surface area contributed by atoms with Gasteiger partial charge in [0.2, 0.25) is 0 Å². The summed E-state index contributed by atoms with van der Waals surface area (Å²) in [6, 6.07) is 8.09. The molecule has 2 heteroatoms. The van der Waals surface area contributed by atoms with Gasteiger partial charge < -0.3 is 4.74 Å². The summed E-state index contributed by atoms with van der Waals surface area (Å²) in [7, 11) is 0. The summed E-state index contributed by atoms with van der Waals surface area (Å²) in [4.78, 5) is 0. The maximum atomic E-state index is 5.94. The number of benzene rings is 1. The molecule has 1 saturated heterocycles. The Kier molecular flexibility index (Phi) is 2.80. The van der Waals surface area contributed by atoms with Crippen molar-refractivity contribution in [2.45, 2.75) is 38.4 Å². The molecule has 0 radical (unpaired) electrons. The van der Waals surface area contributed by atoms with Gasteiger partial charge in [0.05, 0.1) is 12.2 Å². The molecule has 14 heavy (non-hydrogen) atoms. The second-order valence-electron chi connectivity index (χ2n) is 4.07. The smallest absolute Gasteiger partial charge is 0.0844 e. The van der Waals surface area contributed by atoms with Crippen molar-refractivity contribution in [3.05, 3.63) is 34.9 Å². The van der Waals surface area contributed by atoms with E-state index in [0.717, 1.165) is 11.4 Å². The SMILES string of the molecule is CC(CC1OC1C)c1cccc(Cl)c1. The molecule has 0 aliphatic carbocycles. The molecule has 1 fully saturated rings. The van der Waals surface area contributed by atoms with E-state index >= 15 is 0 Å². The Balaban J connectivity index is 2.00. The molecule has 1 nitrogen and oxygen atoms in total. The Bertz CT molecular complexity index is 324. The molecule has 76 valence electrons. The van der Waals surface area contributed by atoms with E-state index in [9.17, 15) is 0 Å². The molecule has 0 aromatic heterocycles. The van der Waals surface area contributed by atoms with Gasteiger partial charge in [-0.25, -0.2) is 0 Å². The number of epoxide rings is 1. The van der Waals surface area contributed by atoms with Crippen LogP contribution in [0.1, 0.15) is 31.7 Å². The van der Waals surface area contributed by atoms with Crippen LogP contribution in [0.15, 0.2) is 24.3 Å². The Morgan fingerprint density at radius 3 is 2.79 bits per heavy atom. The van der Waals surface area contributed by atoms with Crippen LogP contribution in [0.3, 0.4) is 0 Å². The third kappa shape index (κ3) is 2.28. The predicted octanol–water partition coefficient (Wildman–Crippen LogP) is 3.62. The second-order valence-corrected chi connectivity index (χ2v) is 4.51. The Hall–Kier alpha value is -0.530. The van der Waals surface area contributed by atoms with Gasteiger partial charge in [-0.05, 0) is 37.0 Å². The molecule has 1 aromatic rings. The largest absolute Gasteiger partial charge is 0.370 e. The fourth-order valence-corrected chi connectivity index (χ4v) is 1.97. The summed E-state index contributed by atoms with van der Waals surface area (Å²) in [5.74, 6) is 0.531. The molecule has 0 N–H and O–H groups in total. The average Bonchev–Trinajstić information content (AvgIpc) is 2.81. The van der Waals surface area contributed by atoms with Crippen molar-refractivity contribution in [3.63, 3.8) is 0 Å². The molecule has 0 saturated carbocycles. The first kappa shape index (κ1) is 10.0. The van der Waals surface area contributed by atoms with Crippen molar-refractivity contribution >= 4 is 11.6 Å². The van der Waals surface area contributed by atoms with E-state index in [1.165, 1.54) is 5.56 Å². The lowest BCUT2D eigenvalue weighted by Gasteiger charge is -2.10. The first-order valence-electron chi connectivity index (χ1n) is 5.07. The van der Waals surface area contributed by atoms with E-state index in [1.54, 1.807) is 0 Å². The fraction of sp³-hybridized carbons (Fsp3) is 0.500. The Morgan fingerprint density at radius 1 is 1.50 bits per heavy atom. The van der Waals surface area contributed by atoms with E-state index in [2.05, 4.69) is 19.9 Å². The average molecular weight is 211 g/mol. The quantitative estimate of drug-likeness (QED) is 0.695. The molecule has 1 aliphatic rings. The van der Waals surface area contributed by atoms with Crippen LogP contribution in [0.25, 0.3) is 0 Å². The van der Waals surface area contributed by atoms with Crippen molar-refractivity contribution < 1.29 is 4.74 Å². The first-order chi connectivity index (χ1) is 6.66. The van der Waals surface area contributed by atoms with E-state index in [-0.39, 0.29) is 0 Å². The summed E-state index contributed by atoms with van der Waals surface area (Å²) < 4.78 is 5.41. The molecule has 1 aromatic carbocycles. The second kappa shape index (κ2) is 3.92. The molecule has 0 amide bonds. The zero-order valence-corrected chi connectivity index (χ0v) is 9.29. The van der Waals surface area contributed by atoms with Crippen molar-refractivity contribution in [2.75, 3.05) is 0 Å². The molecule has 1 aliphatic heterocycles. The van der Waals surface area contributed by atoms with Crippen molar-refractivity contribution in [1.82, 2.24) is 0 Å². The topological polar surface area (TPSA) is 12.5 Å². The fourth-order valence-electron chi connectivity index (χ4n) is 1.78. The van der Waals surface area contributed by atoms with Gasteiger partial charge in [-0.2, -0.15) is 0 Å². The highest BCUT2D eigenvalue weighted by Crippen LogP contribution is 2.32. The number of halogens is 1. The lowest BCUT2D eigenvalue weighted by molar-refractivity contribution is 0.362. The predicted molar refractivity (Wildman–Crippen MR) is 58.8 cm³/mol. The van der Waals surface area contributed by atoms with Crippen molar-refractivity contribution in [3.8, 4) is 0 Å². The standard InChI is InChI=1S/C12H15ClO/c1-8(6-12-9(2)14-12)10-4-3-5-11(13)7-10/h3-5,7-9,12H,6H2,1-2H3. The third-order valence-corrected chi connectivity index (χ3v) is 3.08. The molecule has 3 unspecified atom stereocenters. The lowest BCUT2D eigenvalue weighted by atomic mass is 9.96. The Labute approximate surface area is 90.0 Å². The molecule has 1 heterocycles. The summed E-state index contributed by atoms with van der Waals surface area (Å²) in [6.45, 7) is 4.34. The van der Waals surface area contributed by atoms with Gasteiger partial charge >= 0.3 is 0 Å². The highest BCUT2D eigenvalue weighted by molar-refractivity contribution is 6.30. The molecule has 3 atom stereocenters. The van der Waals surface area contributed by atoms with Crippen LogP contribution in [0, 0.1) is 0 Å². The number of ether oxygens (including phenoxy) is 1. The van der Waals surface area contributed by atoms with Crippen molar-refractivity contribution in [1.29, 1.82) is 0 Å². The monoisotopic (exact) mass is 210 g/mol. The molecule has 0 spiro atoms. The molecule has 2 rings (SSSR count). The highest BCUT2D eigenvalue weighted by atomic mass is 35.5. The van der Waals surface area contributed by atoms with E-state index in [4.69, 9.17) is 16.3 Å². The van der Waals surface area contributed by atoms with Crippen LogP contribution in [-0.2, 0) is 4.74 Å². The summed E-state index contributed by atoms with van der Waals surface area (Å²) in [5, 5.41) is 0.819. The molecular weight excluding hydrogens is 196 g/mol. The van der Waals surface area contributed by atoms with Crippen LogP contribution >= 0.6 is 11.6 Å². The van der Waals surface area contributed by atoms with Gasteiger partial charge in [0, 0.05) is 5.02 Å². The first-order valence-corrected chi connectivity index (χ1v) is 5.45. The summed E-state index contributed by atoms with van der Waals surface area (Å²) >= 11 is 5.94. The third-order valence-electron chi connectivity index (χ3n) is 2.84. The normalized spacial score (nSPS) is 27.4. The highest BCUT2D eigenvalue weighted by Gasteiger charge is 2.35. The van der Waals surface area contributed by atoms with Crippen molar-refractivity contribution in [2.24, 2.45) is 0 Å². The van der Waals surface area contributed by atoms with Gasteiger partial charge in [-0.15, -0.1) is 0 Å². The van der Waals surface area contributed by atoms with Crippen LogP contribution in [0.2, 0.25) is 5.02 Å². The van der Waals surface area contributed by atoms with E-state index < -0.39 is 0 Å². The minimum absolute atomic E-state index is 0.455. The van der Waals surface area contributed by atoms with Gasteiger partial charge in [0.1, 0.15) is 0 Å². The molecular formula is C12H15ClO. The summed E-state index contributed by atoms with van der Waals surface area (Å²) in [5.41, 5.74) is 1.31. The zero-order chi connectivity index (χ0) is 10.1. The number of hydrogen-bond donors (Lipinski definition) is 0. The van der Waals surface area contributed by atoms with E-state index in [1.807, 2.05) is 18.2 Å². The van der Waals surface area contributed by atoms with Gasteiger partial charge in [-0.1, -0.05) is 30.7 Å². The summed E-state index contributed by atoms with van der Waals surface area (Å²) in [6.07, 6.45) is 2.02. The Morgan fingerprint density at radius 2 is 2.21 bits per heavy atom. The van der Waals surface area contributed by atoms with Crippen LogP contribution in [0.5, 0.6) is 0 Å². The maximum absolute atomic E-state index is 5.94. The van der Waals surface area contributed by atoms with Gasteiger partial charge in [0.15, 0.2) is 0 Å². The minimum Gasteiger partial charge on any atom is -0.370 e. The van der Waals surface area contributed by atoms with Gasteiger partial charge in [0.25, 0.3) is 0 Å². The maximum Gasteiger partial charge on any atom is 0.0844 e. The van der Waals surface area contributed by atoms with Crippen LogP contribution in [-0.4, -0.2) is 12.2 Å². The van der Waals surface area contributed by atoms with Crippen LogP contribution in [0.4, 0.5) is 0 Å². The zero-order valence-electron chi connectivity index (χ0n) is 8.53. The minimum atomic E-state index is 0.455. The van der Waals surface area contributed by atoms with Crippen LogP contribution < -0.4 is 0 Å². The van der Waals surface area contributed by atoms with E-state index in [0.29, 0.717) is 18.1 Å². The number of hydrogen-bond acceptors (Lipinski definition) is 1. The van der Waals surface area contributed by atoms with Gasteiger partial charge in [-0.3, -0.25) is 0 Å².